The standard InChI is InChI=1S/C16H27FN2O/c1-5-19(6-2)11-10-14(18-3)12-13-8-7-9-15(20-4)16(13)17/h7-9,14,18H,5-6,10-12H2,1-4H3. The number of nitrogens with one attached hydrogen (secondary N) is 1. The Kier molecular flexibility index (Phi) is 7.55. The van der Waals surface area contributed by atoms with Crippen molar-refractivity contribution in [2.24, 2.45) is 0 Å². The third-order valence-corrected chi connectivity index (χ3v) is 3.83. The highest BCUT2D eigenvalue weighted by molar-refractivity contribution is 5.31. The van der Waals surface area contributed by atoms with Crippen molar-refractivity contribution in [2.75, 3.05) is 33.8 Å². The third kappa shape index (κ3) is 4.76. The van der Waals surface area contributed by atoms with Crippen molar-refractivity contribution < 1.29 is 9.13 Å². The van der Waals surface area contributed by atoms with Gasteiger partial charge in [-0.05, 0) is 51.2 Å². The molecule has 0 bridgehead atoms. The molecule has 1 atom stereocenters. The summed E-state index contributed by atoms with van der Waals surface area (Å²) < 4.78 is 19.2. The van der Waals surface area contributed by atoms with E-state index in [0.29, 0.717) is 17.7 Å². The first-order valence-corrected chi connectivity index (χ1v) is 7.37. The van der Waals surface area contributed by atoms with Crippen LogP contribution in [0.1, 0.15) is 25.8 Å². The first kappa shape index (κ1) is 16.9. The van der Waals surface area contributed by atoms with Crippen LogP contribution in [-0.2, 0) is 6.42 Å². The summed E-state index contributed by atoms with van der Waals surface area (Å²) in [5, 5.41) is 3.28. The first-order valence-electron chi connectivity index (χ1n) is 7.37. The summed E-state index contributed by atoms with van der Waals surface area (Å²) in [6, 6.07) is 5.61. The summed E-state index contributed by atoms with van der Waals surface area (Å²) in [6.45, 7) is 7.48. The summed E-state index contributed by atoms with van der Waals surface area (Å²) in [4.78, 5) is 2.38. The number of likely N-dealkylation sites (N-methyl/N-ethyl adjacent to an activating group) is 1. The van der Waals surface area contributed by atoms with Crippen LogP contribution >= 0.6 is 0 Å². The minimum atomic E-state index is -0.238. The van der Waals surface area contributed by atoms with Crippen LogP contribution in [0.4, 0.5) is 4.39 Å². The molecule has 0 aliphatic rings. The van der Waals surface area contributed by atoms with E-state index in [2.05, 4.69) is 24.1 Å². The molecule has 3 nitrogen and oxygen atoms in total. The molecule has 4 heteroatoms. The fourth-order valence-electron chi connectivity index (χ4n) is 2.36. The van der Waals surface area contributed by atoms with Crippen molar-refractivity contribution in [3.63, 3.8) is 0 Å². The Labute approximate surface area is 122 Å². The molecule has 0 heterocycles. The molecule has 1 unspecified atom stereocenters. The largest absolute Gasteiger partial charge is 0.494 e. The predicted molar refractivity (Wildman–Crippen MR) is 81.9 cm³/mol. The highest BCUT2D eigenvalue weighted by Gasteiger charge is 2.14. The Morgan fingerprint density at radius 2 is 2.00 bits per heavy atom. The third-order valence-electron chi connectivity index (χ3n) is 3.83. The van der Waals surface area contributed by atoms with Gasteiger partial charge in [-0.15, -0.1) is 0 Å². The van der Waals surface area contributed by atoms with E-state index in [9.17, 15) is 4.39 Å². The summed E-state index contributed by atoms with van der Waals surface area (Å²) in [7, 11) is 3.43. The second-order valence-electron chi connectivity index (χ2n) is 4.94. The van der Waals surface area contributed by atoms with Crippen LogP contribution in [-0.4, -0.2) is 44.7 Å². The van der Waals surface area contributed by atoms with Gasteiger partial charge in [0.2, 0.25) is 0 Å². The number of halogens is 1. The van der Waals surface area contributed by atoms with E-state index in [0.717, 1.165) is 26.1 Å². The van der Waals surface area contributed by atoms with Gasteiger partial charge in [-0.1, -0.05) is 26.0 Å². The van der Waals surface area contributed by atoms with Gasteiger partial charge in [0.15, 0.2) is 11.6 Å². The van der Waals surface area contributed by atoms with Crippen molar-refractivity contribution in [1.29, 1.82) is 0 Å². The molecule has 20 heavy (non-hydrogen) atoms. The van der Waals surface area contributed by atoms with Gasteiger partial charge in [-0.25, -0.2) is 4.39 Å². The lowest BCUT2D eigenvalue weighted by Gasteiger charge is -2.23. The second kappa shape index (κ2) is 8.93. The van der Waals surface area contributed by atoms with E-state index in [1.54, 1.807) is 6.07 Å². The molecule has 0 aliphatic carbocycles. The normalized spacial score (nSPS) is 12.7. The molecule has 0 radical (unpaired) electrons. The number of benzene rings is 1. The Morgan fingerprint density at radius 3 is 2.55 bits per heavy atom. The van der Waals surface area contributed by atoms with Gasteiger partial charge < -0.3 is 15.0 Å². The number of ether oxygens (including phenoxy) is 1. The molecule has 0 saturated heterocycles. The highest BCUT2D eigenvalue weighted by Crippen LogP contribution is 2.21. The minimum absolute atomic E-state index is 0.238. The van der Waals surface area contributed by atoms with Gasteiger partial charge in [0.1, 0.15) is 0 Å². The van der Waals surface area contributed by atoms with Crippen LogP contribution in [0.5, 0.6) is 5.75 Å². The summed E-state index contributed by atoms with van der Waals surface area (Å²) >= 11 is 0. The first-order chi connectivity index (χ1) is 9.65. The van der Waals surface area contributed by atoms with Crippen LogP contribution in [0, 0.1) is 5.82 Å². The smallest absolute Gasteiger partial charge is 0.168 e. The highest BCUT2D eigenvalue weighted by atomic mass is 19.1. The number of hydrogen-bond acceptors (Lipinski definition) is 3. The van der Waals surface area contributed by atoms with E-state index in [1.807, 2.05) is 19.2 Å². The average molecular weight is 282 g/mol. The van der Waals surface area contributed by atoms with Gasteiger partial charge in [-0.3, -0.25) is 0 Å². The van der Waals surface area contributed by atoms with Crippen LogP contribution in [0.15, 0.2) is 18.2 Å². The molecule has 0 fully saturated rings. The number of hydrogen-bond donors (Lipinski definition) is 1. The van der Waals surface area contributed by atoms with Gasteiger partial charge in [-0.2, -0.15) is 0 Å². The second-order valence-corrected chi connectivity index (χ2v) is 4.94. The van der Waals surface area contributed by atoms with Crippen molar-refractivity contribution in [2.45, 2.75) is 32.7 Å². The van der Waals surface area contributed by atoms with E-state index in [-0.39, 0.29) is 11.9 Å². The molecule has 1 N–H and O–H groups in total. The number of methoxy groups -OCH3 is 1. The maximum Gasteiger partial charge on any atom is 0.168 e. The van der Waals surface area contributed by atoms with Crippen molar-refractivity contribution in [1.82, 2.24) is 10.2 Å². The van der Waals surface area contributed by atoms with E-state index in [4.69, 9.17) is 4.74 Å². The molecule has 0 spiro atoms. The molecule has 0 saturated carbocycles. The fraction of sp³-hybridized carbons (Fsp3) is 0.625. The maximum atomic E-state index is 14.1. The monoisotopic (exact) mass is 282 g/mol. The van der Waals surface area contributed by atoms with E-state index < -0.39 is 0 Å². The maximum absolute atomic E-state index is 14.1. The molecule has 114 valence electrons. The molecule has 1 rings (SSSR count). The Hall–Kier alpha value is -1.13. The fourth-order valence-corrected chi connectivity index (χ4v) is 2.36. The molecular weight excluding hydrogens is 255 g/mol. The zero-order valence-electron chi connectivity index (χ0n) is 13.1. The van der Waals surface area contributed by atoms with Gasteiger partial charge in [0.05, 0.1) is 7.11 Å². The number of nitrogens with zero attached hydrogens (tertiary/aromatic N) is 1. The lowest BCUT2D eigenvalue weighted by molar-refractivity contribution is 0.282. The van der Waals surface area contributed by atoms with Crippen molar-refractivity contribution in [3.8, 4) is 5.75 Å². The molecule has 0 amide bonds. The Balaban J connectivity index is 2.64. The van der Waals surface area contributed by atoms with Crippen LogP contribution < -0.4 is 10.1 Å². The quantitative estimate of drug-likeness (QED) is 0.753. The topological polar surface area (TPSA) is 24.5 Å². The van der Waals surface area contributed by atoms with E-state index >= 15 is 0 Å². The van der Waals surface area contributed by atoms with Gasteiger partial charge in [0.25, 0.3) is 0 Å². The van der Waals surface area contributed by atoms with Crippen LogP contribution in [0.25, 0.3) is 0 Å². The molecule has 0 aromatic heterocycles. The molecule has 0 aliphatic heterocycles. The Bertz CT molecular complexity index is 394. The summed E-state index contributed by atoms with van der Waals surface area (Å²) in [6.07, 6.45) is 1.69. The zero-order valence-corrected chi connectivity index (χ0v) is 13.1. The minimum Gasteiger partial charge on any atom is -0.494 e. The van der Waals surface area contributed by atoms with Crippen LogP contribution in [0.3, 0.4) is 0 Å². The molecular formula is C16H27FN2O. The lowest BCUT2D eigenvalue weighted by atomic mass is 10.0. The predicted octanol–water partition coefficient (Wildman–Crippen LogP) is 2.70. The van der Waals surface area contributed by atoms with Crippen molar-refractivity contribution >= 4 is 0 Å². The van der Waals surface area contributed by atoms with Crippen LogP contribution in [0.2, 0.25) is 0 Å². The SMILES string of the molecule is CCN(CC)CCC(Cc1cccc(OC)c1F)NC. The molecule has 1 aromatic carbocycles. The average Bonchev–Trinajstić information content (AvgIpc) is 2.48. The number of rotatable bonds is 9. The van der Waals surface area contributed by atoms with Gasteiger partial charge in [0, 0.05) is 6.04 Å². The molecule has 1 aromatic rings. The summed E-state index contributed by atoms with van der Waals surface area (Å²) in [5.41, 5.74) is 0.711. The summed E-state index contributed by atoms with van der Waals surface area (Å²) in [5.74, 6) is 0.0826. The van der Waals surface area contributed by atoms with Crippen molar-refractivity contribution in [3.05, 3.63) is 29.6 Å². The lowest BCUT2D eigenvalue weighted by Crippen LogP contribution is -2.34. The zero-order chi connectivity index (χ0) is 15.0. The van der Waals surface area contributed by atoms with Gasteiger partial charge >= 0.3 is 0 Å². The Morgan fingerprint density at radius 1 is 1.30 bits per heavy atom. The van der Waals surface area contributed by atoms with E-state index in [1.165, 1.54) is 7.11 Å².